The first-order valence-corrected chi connectivity index (χ1v) is 8.87. The molecule has 2 bridgehead atoms. The van der Waals surface area contributed by atoms with Gasteiger partial charge < -0.3 is 9.47 Å². The minimum absolute atomic E-state index is 0.147. The van der Waals surface area contributed by atoms with E-state index in [-0.39, 0.29) is 18.2 Å². The maximum absolute atomic E-state index is 12.9. The first kappa shape index (κ1) is 18.7. The zero-order valence-corrected chi connectivity index (χ0v) is 15.0. The van der Waals surface area contributed by atoms with Gasteiger partial charge in [0, 0.05) is 42.2 Å². The number of aryl methyl sites for hydroxylation is 1. The summed E-state index contributed by atoms with van der Waals surface area (Å²) in [6.45, 7) is 3.59. The van der Waals surface area contributed by atoms with Crippen LogP contribution in [0.15, 0.2) is 6.20 Å². The lowest BCUT2D eigenvalue weighted by atomic mass is 9.91. The summed E-state index contributed by atoms with van der Waals surface area (Å²) in [6, 6.07) is -0.552. The number of rotatable bonds is 4. The molecule has 4 nitrogen and oxygen atoms in total. The van der Waals surface area contributed by atoms with Gasteiger partial charge in [-0.15, -0.1) is 0 Å². The summed E-state index contributed by atoms with van der Waals surface area (Å²) < 4.78 is 50.2. The van der Waals surface area contributed by atoms with Gasteiger partial charge in [0.05, 0.1) is 19.8 Å². The molecular weight excluding hydrogens is 357 g/mol. The predicted octanol–water partition coefficient (Wildman–Crippen LogP) is 3.78. The molecule has 0 aliphatic carbocycles. The minimum Gasteiger partial charge on any atom is -0.490 e. The number of fused-ring (bicyclic) bond motifs is 2. The number of pyridine rings is 1. The van der Waals surface area contributed by atoms with Crippen molar-refractivity contribution in [2.24, 2.45) is 0 Å². The fourth-order valence-electron chi connectivity index (χ4n) is 3.71. The van der Waals surface area contributed by atoms with Crippen LogP contribution in [0.2, 0.25) is 5.15 Å². The van der Waals surface area contributed by atoms with Crippen LogP contribution in [-0.2, 0) is 11.2 Å². The van der Waals surface area contributed by atoms with Gasteiger partial charge in [0.15, 0.2) is 0 Å². The predicted molar refractivity (Wildman–Crippen MR) is 88.2 cm³/mol. The maximum atomic E-state index is 12.9. The van der Waals surface area contributed by atoms with E-state index in [9.17, 15) is 13.2 Å². The fraction of sp³-hybridized carbons (Fsp3) is 0.706. The van der Waals surface area contributed by atoms with Crippen molar-refractivity contribution in [3.63, 3.8) is 0 Å². The molecule has 0 N–H and O–H groups in total. The molecule has 2 fully saturated rings. The van der Waals surface area contributed by atoms with E-state index in [1.807, 2.05) is 13.8 Å². The summed E-state index contributed by atoms with van der Waals surface area (Å²) in [7, 11) is 0. The molecule has 0 radical (unpaired) electrons. The van der Waals surface area contributed by atoms with Crippen molar-refractivity contribution in [1.29, 1.82) is 0 Å². The molecule has 3 rings (SSSR count). The van der Waals surface area contributed by atoms with Gasteiger partial charge in [-0.05, 0) is 13.3 Å². The van der Waals surface area contributed by atoms with Gasteiger partial charge in [0.25, 0.3) is 0 Å². The largest absolute Gasteiger partial charge is 0.490 e. The Bertz CT molecular complexity index is 613. The number of ether oxygens (including phenoxy) is 2. The van der Waals surface area contributed by atoms with Crippen molar-refractivity contribution in [2.75, 3.05) is 19.8 Å². The van der Waals surface area contributed by atoms with E-state index < -0.39 is 12.7 Å². The van der Waals surface area contributed by atoms with E-state index in [0.29, 0.717) is 31.2 Å². The van der Waals surface area contributed by atoms with Gasteiger partial charge in [0.2, 0.25) is 0 Å². The fourth-order valence-corrected chi connectivity index (χ4v) is 3.84. The Balaban J connectivity index is 1.76. The summed E-state index contributed by atoms with van der Waals surface area (Å²) in [4.78, 5) is 5.67. The summed E-state index contributed by atoms with van der Waals surface area (Å²) in [5.41, 5.74) is 1.74. The van der Waals surface area contributed by atoms with Gasteiger partial charge in [0.1, 0.15) is 17.0 Å². The summed E-state index contributed by atoms with van der Waals surface area (Å²) >= 11 is 6.11. The van der Waals surface area contributed by atoms with E-state index >= 15 is 0 Å². The van der Waals surface area contributed by atoms with Gasteiger partial charge in [-0.1, -0.05) is 18.5 Å². The maximum Gasteiger partial charge on any atom is 0.401 e. The third kappa shape index (κ3) is 4.20. The number of halogens is 4. The zero-order chi connectivity index (χ0) is 18.2. The molecule has 140 valence electrons. The van der Waals surface area contributed by atoms with Crippen molar-refractivity contribution < 1.29 is 22.6 Å². The number of hydrogen-bond donors (Lipinski definition) is 0. The Kier molecular flexibility index (Phi) is 5.46. The van der Waals surface area contributed by atoms with Crippen LogP contribution < -0.4 is 4.74 Å². The second-order valence-electron chi connectivity index (χ2n) is 6.73. The number of morpholine rings is 1. The SMILES string of the molecule is CCc1cnc(Cl)c(C)c1OC1CC2COCC(C1)N2CC(F)(F)F. The second-order valence-corrected chi connectivity index (χ2v) is 7.08. The average Bonchev–Trinajstić information content (AvgIpc) is 2.51. The molecule has 2 aliphatic rings. The molecule has 0 spiro atoms. The van der Waals surface area contributed by atoms with Gasteiger partial charge in [-0.3, -0.25) is 4.90 Å². The van der Waals surface area contributed by atoms with Crippen LogP contribution >= 0.6 is 11.6 Å². The van der Waals surface area contributed by atoms with Gasteiger partial charge in [-0.25, -0.2) is 4.98 Å². The van der Waals surface area contributed by atoms with E-state index in [4.69, 9.17) is 21.1 Å². The average molecular weight is 379 g/mol. The molecule has 2 aliphatic heterocycles. The van der Waals surface area contributed by atoms with E-state index in [2.05, 4.69) is 4.98 Å². The number of piperidine rings is 1. The van der Waals surface area contributed by atoms with Crippen LogP contribution in [0.25, 0.3) is 0 Å². The first-order chi connectivity index (χ1) is 11.8. The first-order valence-electron chi connectivity index (χ1n) is 8.49. The molecule has 0 amide bonds. The molecule has 0 saturated carbocycles. The van der Waals surface area contributed by atoms with Gasteiger partial charge in [-0.2, -0.15) is 13.2 Å². The molecule has 2 unspecified atom stereocenters. The monoisotopic (exact) mass is 378 g/mol. The van der Waals surface area contributed by atoms with Crippen molar-refractivity contribution >= 4 is 11.6 Å². The van der Waals surface area contributed by atoms with E-state index in [0.717, 1.165) is 23.3 Å². The Morgan fingerprint density at radius 3 is 2.52 bits per heavy atom. The molecule has 3 heterocycles. The number of aromatic nitrogens is 1. The Hall–Kier alpha value is -1.05. The van der Waals surface area contributed by atoms with Crippen molar-refractivity contribution in [2.45, 2.75) is 57.5 Å². The Morgan fingerprint density at radius 2 is 1.96 bits per heavy atom. The third-order valence-corrected chi connectivity index (χ3v) is 5.31. The Morgan fingerprint density at radius 1 is 1.32 bits per heavy atom. The molecule has 25 heavy (non-hydrogen) atoms. The highest BCUT2D eigenvalue weighted by molar-refractivity contribution is 6.30. The van der Waals surface area contributed by atoms with Crippen LogP contribution in [0, 0.1) is 6.92 Å². The van der Waals surface area contributed by atoms with Crippen LogP contribution in [0.4, 0.5) is 13.2 Å². The summed E-state index contributed by atoms with van der Waals surface area (Å²) in [6.07, 6.45) is -0.877. The lowest BCUT2D eigenvalue weighted by molar-refractivity contribution is -0.187. The van der Waals surface area contributed by atoms with Crippen LogP contribution in [0.1, 0.15) is 30.9 Å². The molecule has 2 saturated heterocycles. The smallest absolute Gasteiger partial charge is 0.401 e. The van der Waals surface area contributed by atoms with Gasteiger partial charge >= 0.3 is 6.18 Å². The molecule has 1 aromatic heterocycles. The van der Waals surface area contributed by atoms with Crippen LogP contribution in [0.5, 0.6) is 5.75 Å². The van der Waals surface area contributed by atoms with Crippen molar-refractivity contribution in [3.8, 4) is 5.75 Å². The van der Waals surface area contributed by atoms with E-state index in [1.54, 1.807) is 6.20 Å². The standard InChI is InChI=1S/C17H22ClF3N2O2/c1-3-11-6-22-16(18)10(2)15(11)25-14-4-12-7-24-8-13(5-14)23(12)9-17(19,20)21/h6,12-14H,3-5,7-9H2,1-2H3. The minimum atomic E-state index is -4.20. The highest BCUT2D eigenvalue weighted by Crippen LogP contribution is 2.35. The Labute approximate surface area is 150 Å². The summed E-state index contributed by atoms with van der Waals surface area (Å²) in [5.74, 6) is 0.718. The van der Waals surface area contributed by atoms with Crippen molar-refractivity contribution in [1.82, 2.24) is 9.88 Å². The lowest BCUT2D eigenvalue weighted by Crippen LogP contribution is -2.60. The molecule has 1 aromatic rings. The zero-order valence-electron chi connectivity index (χ0n) is 14.3. The van der Waals surface area contributed by atoms with E-state index in [1.165, 1.54) is 4.90 Å². The summed E-state index contributed by atoms with van der Waals surface area (Å²) in [5, 5.41) is 0.394. The molecular formula is C17H22ClF3N2O2. The van der Waals surface area contributed by atoms with Crippen molar-refractivity contribution in [3.05, 3.63) is 22.5 Å². The normalized spacial score (nSPS) is 27.4. The number of alkyl halides is 3. The van der Waals surface area contributed by atoms with Crippen LogP contribution in [-0.4, -0.2) is 54.0 Å². The highest BCUT2D eigenvalue weighted by Gasteiger charge is 2.44. The molecule has 2 atom stereocenters. The van der Waals surface area contributed by atoms with Crippen LogP contribution in [0.3, 0.4) is 0 Å². The second kappa shape index (κ2) is 7.29. The molecule has 0 aromatic carbocycles. The highest BCUT2D eigenvalue weighted by atomic mass is 35.5. The molecule has 8 heteroatoms. The lowest BCUT2D eigenvalue weighted by Gasteiger charge is -2.48. The number of nitrogens with zero attached hydrogens (tertiary/aromatic N) is 2. The number of hydrogen-bond acceptors (Lipinski definition) is 4. The third-order valence-electron chi connectivity index (χ3n) is 4.93. The quantitative estimate of drug-likeness (QED) is 0.747. The topological polar surface area (TPSA) is 34.6 Å².